The summed E-state index contributed by atoms with van der Waals surface area (Å²) in [5.74, 6) is 5.23. The molecule has 4 heteroatoms. The highest BCUT2D eigenvalue weighted by Gasteiger charge is 1.95. The van der Waals surface area contributed by atoms with E-state index in [1.165, 1.54) is 0 Å². The number of imidazole rings is 1. The summed E-state index contributed by atoms with van der Waals surface area (Å²) in [7, 11) is 0. The van der Waals surface area contributed by atoms with Gasteiger partial charge >= 0.3 is 0 Å². The zero-order valence-electron chi connectivity index (χ0n) is 6.99. The second kappa shape index (κ2) is 3.27. The Kier molecular flexibility index (Phi) is 2.36. The van der Waals surface area contributed by atoms with Crippen LogP contribution in [0.15, 0.2) is 17.5 Å². The van der Waals surface area contributed by atoms with Gasteiger partial charge in [0.15, 0.2) is 0 Å². The van der Waals surface area contributed by atoms with E-state index in [-0.39, 0.29) is 0 Å². The molecule has 4 nitrogen and oxygen atoms in total. The van der Waals surface area contributed by atoms with Gasteiger partial charge in [0, 0.05) is 25.5 Å². The summed E-state index contributed by atoms with van der Waals surface area (Å²) in [4.78, 5) is 0. The lowest BCUT2D eigenvalue weighted by atomic mass is 10.7. The molecule has 0 fully saturated rings. The lowest BCUT2D eigenvalue weighted by Crippen LogP contribution is -2.26. The van der Waals surface area contributed by atoms with E-state index in [0.29, 0.717) is 0 Å². The van der Waals surface area contributed by atoms with Gasteiger partial charge in [-0.1, -0.05) is 0 Å². The molecule has 1 rings (SSSR count). The molecule has 1 aromatic rings. The van der Waals surface area contributed by atoms with Crippen LogP contribution < -0.4 is 11.5 Å². The van der Waals surface area contributed by atoms with Crippen LogP contribution in [-0.2, 0) is 13.1 Å². The van der Waals surface area contributed by atoms with Crippen molar-refractivity contribution in [3.05, 3.63) is 18.0 Å². The second-order valence-corrected chi connectivity index (χ2v) is 2.30. The van der Waals surface area contributed by atoms with Crippen molar-refractivity contribution in [2.45, 2.75) is 26.9 Å². The lowest BCUT2D eigenvalue weighted by molar-refractivity contribution is 0.626. The number of nitrogens with two attached hydrogens (primary N) is 1. The highest BCUT2D eigenvalue weighted by molar-refractivity contribution is 4.79. The summed E-state index contributed by atoms with van der Waals surface area (Å²) in [6.45, 7) is 5.94. The third-order valence-electron chi connectivity index (χ3n) is 1.74. The van der Waals surface area contributed by atoms with Gasteiger partial charge in [-0.15, -0.1) is 5.10 Å². The third-order valence-corrected chi connectivity index (χ3v) is 1.74. The van der Waals surface area contributed by atoms with E-state index in [1.807, 2.05) is 21.5 Å². The van der Waals surface area contributed by atoms with Gasteiger partial charge < -0.3 is 15.0 Å². The van der Waals surface area contributed by atoms with Gasteiger partial charge in [-0.05, 0) is 13.8 Å². The fourth-order valence-electron chi connectivity index (χ4n) is 1.10. The van der Waals surface area contributed by atoms with Crippen molar-refractivity contribution in [3.8, 4) is 0 Å². The lowest BCUT2D eigenvalue weighted by Gasteiger charge is -1.97. The minimum atomic E-state index is 0.829. The molecule has 1 aromatic heterocycles. The number of rotatable bonds is 2. The second-order valence-electron chi connectivity index (χ2n) is 2.30. The monoisotopic (exact) mass is 154 g/mol. The van der Waals surface area contributed by atoms with Crippen molar-refractivity contribution in [3.63, 3.8) is 0 Å². The van der Waals surface area contributed by atoms with Crippen LogP contribution in [0.4, 0.5) is 0 Å². The van der Waals surface area contributed by atoms with Gasteiger partial charge in [-0.3, -0.25) is 0 Å². The minimum Gasteiger partial charge on any atom is -0.320 e. The first-order valence-corrected chi connectivity index (χ1v) is 3.83. The summed E-state index contributed by atoms with van der Waals surface area (Å²) >= 11 is 0. The van der Waals surface area contributed by atoms with Gasteiger partial charge in [0.1, 0.15) is 0 Å². The molecule has 0 aliphatic rings. The Labute approximate surface area is 65.9 Å². The Hall–Kier alpha value is -1.19. The normalized spacial score (nSPS) is 10.0. The molecule has 0 amide bonds. The number of aryl methyl sites for hydroxylation is 2. The smallest absolute Gasteiger partial charge is 0.226 e. The number of aromatic nitrogens is 2. The van der Waals surface area contributed by atoms with Gasteiger partial charge in [0.2, 0.25) is 5.62 Å². The molecule has 0 saturated carbocycles. The van der Waals surface area contributed by atoms with Gasteiger partial charge in [-0.2, -0.15) is 0 Å². The van der Waals surface area contributed by atoms with Crippen molar-refractivity contribution in [2.75, 3.05) is 0 Å². The Balaban J connectivity index is 3.21. The standard InChI is InChI=1S/C7H14N4/c1-3-10-5-6-11(4-2)7(10)9-8/h5-6H,3-4,8H2,1-2H3. The molecule has 0 radical (unpaired) electrons. The summed E-state index contributed by atoms with van der Waals surface area (Å²) in [5, 5.41) is 3.70. The van der Waals surface area contributed by atoms with Crippen LogP contribution >= 0.6 is 0 Å². The summed E-state index contributed by atoms with van der Waals surface area (Å²) in [5.41, 5.74) is 0.829. The zero-order valence-corrected chi connectivity index (χ0v) is 6.99. The molecular weight excluding hydrogens is 140 g/mol. The molecule has 2 N–H and O–H groups in total. The van der Waals surface area contributed by atoms with E-state index in [9.17, 15) is 0 Å². The third kappa shape index (κ3) is 1.29. The van der Waals surface area contributed by atoms with Crippen molar-refractivity contribution < 1.29 is 0 Å². The van der Waals surface area contributed by atoms with Crippen molar-refractivity contribution in [2.24, 2.45) is 10.9 Å². The summed E-state index contributed by atoms with van der Waals surface area (Å²) in [6.07, 6.45) is 3.96. The van der Waals surface area contributed by atoms with E-state index < -0.39 is 0 Å². The van der Waals surface area contributed by atoms with Gasteiger partial charge in [0.05, 0.1) is 0 Å². The zero-order chi connectivity index (χ0) is 8.27. The number of nitrogens with zero attached hydrogens (tertiary/aromatic N) is 3. The van der Waals surface area contributed by atoms with Crippen molar-refractivity contribution in [1.29, 1.82) is 0 Å². The van der Waals surface area contributed by atoms with E-state index >= 15 is 0 Å². The Bertz CT molecular complexity index is 256. The highest BCUT2D eigenvalue weighted by atomic mass is 15.3. The largest absolute Gasteiger partial charge is 0.320 e. The predicted molar refractivity (Wildman–Crippen MR) is 43.5 cm³/mol. The minimum absolute atomic E-state index is 0.829. The highest BCUT2D eigenvalue weighted by Crippen LogP contribution is 1.83. The fourth-order valence-corrected chi connectivity index (χ4v) is 1.10. The van der Waals surface area contributed by atoms with Crippen LogP contribution in [0, 0.1) is 0 Å². The van der Waals surface area contributed by atoms with Crippen LogP contribution in [-0.4, -0.2) is 9.13 Å². The maximum absolute atomic E-state index is 5.23. The van der Waals surface area contributed by atoms with Crippen LogP contribution in [0.5, 0.6) is 0 Å². The molecular formula is C7H14N4. The van der Waals surface area contributed by atoms with E-state index in [2.05, 4.69) is 18.9 Å². The summed E-state index contributed by atoms with van der Waals surface area (Å²) in [6, 6.07) is 0. The Morgan fingerprint density at radius 2 is 1.73 bits per heavy atom. The maximum atomic E-state index is 5.23. The van der Waals surface area contributed by atoms with Gasteiger partial charge in [-0.25, -0.2) is 0 Å². The van der Waals surface area contributed by atoms with Crippen LogP contribution in [0.25, 0.3) is 0 Å². The molecule has 0 aliphatic carbocycles. The van der Waals surface area contributed by atoms with Crippen molar-refractivity contribution >= 4 is 0 Å². The number of hydrogen-bond acceptors (Lipinski definition) is 2. The molecule has 62 valence electrons. The van der Waals surface area contributed by atoms with Crippen LogP contribution in [0.2, 0.25) is 0 Å². The Morgan fingerprint density at radius 3 is 2.00 bits per heavy atom. The number of hydrogen-bond donors (Lipinski definition) is 1. The molecule has 0 aromatic carbocycles. The summed E-state index contributed by atoms with van der Waals surface area (Å²) < 4.78 is 4.01. The predicted octanol–water partition coefficient (Wildman–Crippen LogP) is 0.104. The van der Waals surface area contributed by atoms with Crippen molar-refractivity contribution in [1.82, 2.24) is 9.13 Å². The molecule has 0 bridgehead atoms. The van der Waals surface area contributed by atoms with E-state index in [0.717, 1.165) is 18.7 Å². The molecule has 0 spiro atoms. The first-order chi connectivity index (χ1) is 5.33. The topological polar surface area (TPSA) is 48.2 Å². The fraction of sp³-hybridized carbons (Fsp3) is 0.571. The quantitative estimate of drug-likeness (QED) is 0.477. The average molecular weight is 154 g/mol. The van der Waals surface area contributed by atoms with Crippen LogP contribution in [0.1, 0.15) is 13.8 Å². The van der Waals surface area contributed by atoms with E-state index in [1.54, 1.807) is 0 Å². The van der Waals surface area contributed by atoms with Crippen LogP contribution in [0.3, 0.4) is 0 Å². The average Bonchev–Trinajstić information content (AvgIpc) is 2.45. The Morgan fingerprint density at radius 1 is 1.27 bits per heavy atom. The molecule has 0 saturated heterocycles. The molecule has 1 heterocycles. The SMILES string of the molecule is CCn1ccn(CC)c1=NN. The molecule has 11 heavy (non-hydrogen) atoms. The maximum Gasteiger partial charge on any atom is 0.226 e. The molecule has 0 aliphatic heterocycles. The molecule has 0 unspecified atom stereocenters. The first-order valence-electron chi connectivity index (χ1n) is 3.83. The molecule has 0 atom stereocenters. The first kappa shape index (κ1) is 7.91. The van der Waals surface area contributed by atoms with E-state index in [4.69, 9.17) is 5.84 Å². The van der Waals surface area contributed by atoms with Gasteiger partial charge in [0.25, 0.3) is 0 Å².